The first-order valence-electron chi connectivity index (χ1n) is 16.4. The lowest BCUT2D eigenvalue weighted by atomic mass is 9.83. The predicted octanol–water partition coefficient (Wildman–Crippen LogP) is 11.2. The molecule has 0 bridgehead atoms. The third kappa shape index (κ3) is 5.71. The summed E-state index contributed by atoms with van der Waals surface area (Å²) < 4.78 is 10.8. The van der Waals surface area contributed by atoms with Crippen LogP contribution in [0.5, 0.6) is 11.5 Å². The molecule has 7 rings (SSSR count). The van der Waals surface area contributed by atoms with Crippen LogP contribution in [0.1, 0.15) is 68.4 Å². The number of rotatable bonds is 6. The molecule has 0 fully saturated rings. The van der Waals surface area contributed by atoms with Gasteiger partial charge in [0.05, 0.1) is 22.9 Å². The maximum atomic E-state index is 6.65. The van der Waals surface area contributed by atoms with Gasteiger partial charge < -0.3 is 4.74 Å². The highest BCUT2D eigenvalue weighted by Crippen LogP contribution is 2.37. The second kappa shape index (κ2) is 11.6. The number of pyridine rings is 1. The molecule has 0 aliphatic heterocycles. The molecule has 0 radical (unpaired) electrons. The van der Waals surface area contributed by atoms with Crippen molar-refractivity contribution in [1.29, 1.82) is 0 Å². The number of para-hydroxylation sites is 1. The summed E-state index contributed by atoms with van der Waals surface area (Å²) in [5.74, 6) is 2.76. The third-order valence-corrected chi connectivity index (χ3v) is 9.13. The molecular weight excluding hydrogens is 576 g/mol. The highest BCUT2D eigenvalue weighted by Gasteiger charge is 2.19. The van der Waals surface area contributed by atoms with E-state index in [1.807, 2.05) is 23.1 Å². The van der Waals surface area contributed by atoms with E-state index in [1.165, 1.54) is 38.8 Å². The molecule has 7 aromatic rings. The van der Waals surface area contributed by atoms with Crippen LogP contribution in [-0.2, 0) is 5.41 Å². The van der Waals surface area contributed by atoms with Gasteiger partial charge in [-0.1, -0.05) is 65.0 Å². The standard InChI is InChI=1S/C42H42N4O/c1-26(2)30-20-33(45-25-31(24-44-45)41-28(4)18-32(19-29(41)5)42(6,7)8)22-35(21-30)47-34-13-14-37-36-11-9-10-12-38(36)46(39(37)23-34)40-17-27(3)15-16-43-40/h9-26H,1-8H3. The average Bonchev–Trinajstić information content (AvgIpc) is 3.63. The van der Waals surface area contributed by atoms with Crippen LogP contribution in [0.2, 0.25) is 0 Å². The molecule has 0 N–H and O–H groups in total. The van der Waals surface area contributed by atoms with Gasteiger partial charge >= 0.3 is 0 Å². The van der Waals surface area contributed by atoms with Gasteiger partial charge in [0.15, 0.2) is 0 Å². The first kappa shape index (κ1) is 30.5. The van der Waals surface area contributed by atoms with E-state index in [2.05, 4.69) is 145 Å². The Morgan fingerprint density at radius 1 is 0.745 bits per heavy atom. The SMILES string of the molecule is Cc1ccnc(-n2c3ccccc3c3ccc(Oc4cc(C(C)C)cc(-n5cc(-c6c(C)cc(C(C)(C)C)cc6C)cn5)c4)cc32)c1. The van der Waals surface area contributed by atoms with Crippen molar-refractivity contribution in [1.82, 2.24) is 19.3 Å². The molecule has 0 unspecified atom stereocenters. The van der Waals surface area contributed by atoms with Gasteiger partial charge in [-0.15, -0.1) is 0 Å². The highest BCUT2D eigenvalue weighted by molar-refractivity contribution is 6.09. The fraction of sp³-hybridized carbons (Fsp3) is 0.238. The molecule has 0 saturated heterocycles. The molecule has 0 aliphatic carbocycles. The fourth-order valence-electron chi connectivity index (χ4n) is 6.61. The maximum absolute atomic E-state index is 6.65. The van der Waals surface area contributed by atoms with Crippen LogP contribution in [0.15, 0.2) is 104 Å². The Morgan fingerprint density at radius 2 is 1.49 bits per heavy atom. The highest BCUT2D eigenvalue weighted by atomic mass is 16.5. The molecule has 3 heterocycles. The summed E-state index contributed by atoms with van der Waals surface area (Å²) in [5, 5.41) is 7.19. The van der Waals surface area contributed by atoms with Crippen molar-refractivity contribution in [2.75, 3.05) is 0 Å². The van der Waals surface area contributed by atoms with E-state index in [0.29, 0.717) is 5.92 Å². The van der Waals surface area contributed by atoms with E-state index in [1.54, 1.807) is 0 Å². The van der Waals surface area contributed by atoms with Crippen molar-refractivity contribution in [3.63, 3.8) is 0 Å². The number of hydrogen-bond acceptors (Lipinski definition) is 3. The van der Waals surface area contributed by atoms with Crippen LogP contribution in [0.3, 0.4) is 0 Å². The number of nitrogens with zero attached hydrogens (tertiary/aromatic N) is 4. The molecule has 0 atom stereocenters. The average molecular weight is 619 g/mol. The Kier molecular flexibility index (Phi) is 7.51. The second-order valence-electron chi connectivity index (χ2n) is 14.1. The summed E-state index contributed by atoms with van der Waals surface area (Å²) in [6.07, 6.45) is 5.98. The fourth-order valence-corrected chi connectivity index (χ4v) is 6.61. The third-order valence-electron chi connectivity index (χ3n) is 9.13. The van der Waals surface area contributed by atoms with Crippen molar-refractivity contribution in [3.8, 4) is 34.1 Å². The van der Waals surface area contributed by atoms with Crippen molar-refractivity contribution < 1.29 is 4.74 Å². The quantitative estimate of drug-likeness (QED) is 0.186. The molecule has 0 spiro atoms. The monoisotopic (exact) mass is 618 g/mol. The minimum absolute atomic E-state index is 0.102. The largest absolute Gasteiger partial charge is 0.457 e. The van der Waals surface area contributed by atoms with Crippen LogP contribution < -0.4 is 4.74 Å². The van der Waals surface area contributed by atoms with Crippen LogP contribution in [0.25, 0.3) is 44.4 Å². The van der Waals surface area contributed by atoms with Gasteiger partial charge in [0.1, 0.15) is 17.3 Å². The van der Waals surface area contributed by atoms with Gasteiger partial charge in [0.2, 0.25) is 0 Å². The number of aromatic nitrogens is 4. The molecule has 47 heavy (non-hydrogen) atoms. The van der Waals surface area contributed by atoms with Crippen molar-refractivity contribution in [3.05, 3.63) is 131 Å². The first-order chi connectivity index (χ1) is 22.5. The van der Waals surface area contributed by atoms with Crippen LogP contribution in [0.4, 0.5) is 0 Å². The van der Waals surface area contributed by atoms with E-state index in [4.69, 9.17) is 14.8 Å². The lowest BCUT2D eigenvalue weighted by molar-refractivity contribution is 0.481. The minimum Gasteiger partial charge on any atom is -0.457 e. The van der Waals surface area contributed by atoms with E-state index in [9.17, 15) is 0 Å². The van der Waals surface area contributed by atoms with Gasteiger partial charge in [-0.05, 0) is 108 Å². The molecular formula is C42H42N4O. The first-order valence-corrected chi connectivity index (χ1v) is 16.4. The Balaban J connectivity index is 1.28. The van der Waals surface area contributed by atoms with E-state index >= 15 is 0 Å². The zero-order chi connectivity index (χ0) is 33.0. The molecule has 0 aliphatic rings. The number of ether oxygens (including phenoxy) is 1. The zero-order valence-electron chi connectivity index (χ0n) is 28.6. The molecule has 4 aromatic carbocycles. The lowest BCUT2D eigenvalue weighted by Crippen LogP contribution is -2.12. The molecule has 3 aromatic heterocycles. The Hall–Kier alpha value is -5.16. The summed E-state index contributed by atoms with van der Waals surface area (Å²) in [6.45, 7) is 17.7. The molecule has 0 saturated carbocycles. The minimum atomic E-state index is 0.102. The number of aryl methyl sites for hydroxylation is 3. The Morgan fingerprint density at radius 3 is 2.21 bits per heavy atom. The normalized spacial score (nSPS) is 12.0. The smallest absolute Gasteiger partial charge is 0.137 e. The maximum Gasteiger partial charge on any atom is 0.137 e. The topological polar surface area (TPSA) is 44.9 Å². The predicted molar refractivity (Wildman–Crippen MR) is 195 cm³/mol. The summed E-state index contributed by atoms with van der Waals surface area (Å²) in [4.78, 5) is 4.73. The van der Waals surface area contributed by atoms with Crippen LogP contribution >= 0.6 is 0 Å². The van der Waals surface area contributed by atoms with Gasteiger partial charge in [-0.2, -0.15) is 5.10 Å². The van der Waals surface area contributed by atoms with Gasteiger partial charge in [0, 0.05) is 40.9 Å². The summed E-state index contributed by atoms with van der Waals surface area (Å²) in [7, 11) is 0. The van der Waals surface area contributed by atoms with Crippen molar-refractivity contribution in [2.45, 2.75) is 66.7 Å². The number of benzene rings is 4. The van der Waals surface area contributed by atoms with E-state index in [-0.39, 0.29) is 5.41 Å². The van der Waals surface area contributed by atoms with Crippen molar-refractivity contribution in [2.24, 2.45) is 0 Å². The summed E-state index contributed by atoms with van der Waals surface area (Å²) >= 11 is 0. The van der Waals surface area contributed by atoms with Gasteiger partial charge in [0.25, 0.3) is 0 Å². The second-order valence-corrected chi connectivity index (χ2v) is 14.1. The molecule has 0 amide bonds. The van der Waals surface area contributed by atoms with Crippen molar-refractivity contribution >= 4 is 21.8 Å². The van der Waals surface area contributed by atoms with E-state index < -0.39 is 0 Å². The zero-order valence-corrected chi connectivity index (χ0v) is 28.6. The molecule has 236 valence electrons. The Labute approximate surface area is 277 Å². The van der Waals surface area contributed by atoms with Gasteiger partial charge in [-0.3, -0.25) is 4.57 Å². The van der Waals surface area contributed by atoms with Gasteiger partial charge in [-0.25, -0.2) is 9.67 Å². The molecule has 5 heteroatoms. The van der Waals surface area contributed by atoms with Crippen LogP contribution in [-0.4, -0.2) is 19.3 Å². The lowest BCUT2D eigenvalue weighted by Gasteiger charge is -2.22. The van der Waals surface area contributed by atoms with Crippen LogP contribution in [0, 0.1) is 20.8 Å². The number of fused-ring (bicyclic) bond motifs is 3. The number of hydrogen-bond donors (Lipinski definition) is 0. The summed E-state index contributed by atoms with van der Waals surface area (Å²) in [6, 6.07) is 30.0. The summed E-state index contributed by atoms with van der Waals surface area (Å²) in [5.41, 5.74) is 11.8. The van der Waals surface area contributed by atoms with E-state index in [0.717, 1.165) is 45.0 Å². The Bertz CT molecular complexity index is 2260. The molecule has 5 nitrogen and oxygen atoms in total.